The summed E-state index contributed by atoms with van der Waals surface area (Å²) < 4.78 is 5.38. The summed E-state index contributed by atoms with van der Waals surface area (Å²) in [5.74, 6) is 0.782. The summed E-state index contributed by atoms with van der Waals surface area (Å²) in [4.78, 5) is 15.5. The molecule has 0 aliphatic carbocycles. The Labute approximate surface area is 108 Å². The van der Waals surface area contributed by atoms with Crippen molar-refractivity contribution in [2.75, 3.05) is 44.7 Å². The van der Waals surface area contributed by atoms with Gasteiger partial charge in [-0.1, -0.05) is 6.92 Å². The number of methoxy groups -OCH3 is 1. The van der Waals surface area contributed by atoms with Crippen molar-refractivity contribution < 1.29 is 9.53 Å². The third-order valence-electron chi connectivity index (χ3n) is 3.50. The highest BCUT2D eigenvalue weighted by molar-refractivity contribution is 5.78. The van der Waals surface area contributed by atoms with Crippen LogP contribution in [0.4, 0.5) is 5.69 Å². The van der Waals surface area contributed by atoms with Gasteiger partial charge < -0.3 is 14.5 Å². The lowest BCUT2D eigenvalue weighted by atomic mass is 10.1. The van der Waals surface area contributed by atoms with E-state index in [0.29, 0.717) is 5.56 Å². The highest BCUT2D eigenvalue weighted by Crippen LogP contribution is 2.29. The van der Waals surface area contributed by atoms with Crippen LogP contribution in [0.3, 0.4) is 0 Å². The molecule has 0 N–H and O–H groups in total. The summed E-state index contributed by atoms with van der Waals surface area (Å²) in [6, 6.07) is 5.62. The predicted octanol–water partition coefficient (Wildman–Crippen LogP) is 1.65. The molecule has 0 amide bonds. The number of benzene rings is 1. The first kappa shape index (κ1) is 12.9. The Hall–Kier alpha value is -1.55. The van der Waals surface area contributed by atoms with Crippen molar-refractivity contribution in [1.29, 1.82) is 0 Å². The Morgan fingerprint density at radius 3 is 2.56 bits per heavy atom. The van der Waals surface area contributed by atoms with E-state index < -0.39 is 0 Å². The largest absolute Gasteiger partial charge is 0.495 e. The Kier molecular flexibility index (Phi) is 4.20. The van der Waals surface area contributed by atoms with Crippen molar-refractivity contribution in [3.05, 3.63) is 23.8 Å². The van der Waals surface area contributed by atoms with Crippen LogP contribution in [0.2, 0.25) is 0 Å². The van der Waals surface area contributed by atoms with Crippen LogP contribution >= 0.6 is 0 Å². The van der Waals surface area contributed by atoms with Gasteiger partial charge in [-0.2, -0.15) is 0 Å². The van der Waals surface area contributed by atoms with Gasteiger partial charge in [0.25, 0.3) is 0 Å². The smallest absolute Gasteiger partial charge is 0.150 e. The lowest BCUT2D eigenvalue weighted by Crippen LogP contribution is -2.46. The molecule has 0 atom stereocenters. The zero-order valence-electron chi connectivity index (χ0n) is 11.1. The summed E-state index contributed by atoms with van der Waals surface area (Å²) in [6.45, 7) is 7.46. The monoisotopic (exact) mass is 248 g/mol. The zero-order valence-corrected chi connectivity index (χ0v) is 11.1. The van der Waals surface area contributed by atoms with E-state index >= 15 is 0 Å². The maximum Gasteiger partial charge on any atom is 0.150 e. The molecule has 1 fully saturated rings. The van der Waals surface area contributed by atoms with E-state index in [9.17, 15) is 4.79 Å². The lowest BCUT2D eigenvalue weighted by Gasteiger charge is -2.36. The van der Waals surface area contributed by atoms with Crippen molar-refractivity contribution >= 4 is 12.0 Å². The SMILES string of the molecule is CCN1CCN(c2ccc(C=O)cc2OC)CC1. The first-order valence-corrected chi connectivity index (χ1v) is 6.39. The molecule has 0 saturated carbocycles. The molecule has 0 bridgehead atoms. The summed E-state index contributed by atoms with van der Waals surface area (Å²) in [5, 5.41) is 0. The van der Waals surface area contributed by atoms with Crippen molar-refractivity contribution in [2.24, 2.45) is 0 Å². The molecule has 1 aliphatic heterocycles. The first-order valence-electron chi connectivity index (χ1n) is 6.39. The molecule has 4 nitrogen and oxygen atoms in total. The van der Waals surface area contributed by atoms with Gasteiger partial charge in [0.15, 0.2) is 0 Å². The van der Waals surface area contributed by atoms with Crippen LogP contribution in [0.15, 0.2) is 18.2 Å². The minimum atomic E-state index is 0.655. The summed E-state index contributed by atoms with van der Waals surface area (Å²) >= 11 is 0. The highest BCUT2D eigenvalue weighted by Gasteiger charge is 2.18. The van der Waals surface area contributed by atoms with Crippen LogP contribution < -0.4 is 9.64 Å². The van der Waals surface area contributed by atoms with E-state index in [1.165, 1.54) is 0 Å². The van der Waals surface area contributed by atoms with E-state index in [2.05, 4.69) is 16.7 Å². The molecular formula is C14H20N2O2. The second-order valence-electron chi connectivity index (χ2n) is 4.47. The minimum Gasteiger partial charge on any atom is -0.495 e. The Balaban J connectivity index is 2.15. The molecular weight excluding hydrogens is 228 g/mol. The second-order valence-corrected chi connectivity index (χ2v) is 4.47. The number of piperazine rings is 1. The number of ether oxygens (including phenoxy) is 1. The number of hydrogen-bond donors (Lipinski definition) is 0. The summed E-state index contributed by atoms with van der Waals surface area (Å²) in [6.07, 6.45) is 0.849. The van der Waals surface area contributed by atoms with Gasteiger partial charge in [-0.15, -0.1) is 0 Å². The quantitative estimate of drug-likeness (QED) is 0.759. The number of carbonyl (C=O) groups is 1. The third kappa shape index (κ3) is 2.64. The fourth-order valence-corrected chi connectivity index (χ4v) is 2.33. The topological polar surface area (TPSA) is 32.8 Å². The number of nitrogens with zero attached hydrogens (tertiary/aromatic N) is 2. The molecule has 1 aromatic rings. The average Bonchev–Trinajstić information content (AvgIpc) is 2.46. The van der Waals surface area contributed by atoms with Crippen LogP contribution in [-0.4, -0.2) is 51.0 Å². The first-order chi connectivity index (χ1) is 8.78. The molecule has 1 heterocycles. The van der Waals surface area contributed by atoms with Crippen LogP contribution in [0.1, 0.15) is 17.3 Å². The van der Waals surface area contributed by atoms with Gasteiger partial charge in [0.2, 0.25) is 0 Å². The van der Waals surface area contributed by atoms with Crippen molar-refractivity contribution in [1.82, 2.24) is 4.90 Å². The maximum atomic E-state index is 10.8. The summed E-state index contributed by atoms with van der Waals surface area (Å²) in [5.41, 5.74) is 1.74. The lowest BCUT2D eigenvalue weighted by molar-refractivity contribution is 0.112. The molecule has 0 spiro atoms. The highest BCUT2D eigenvalue weighted by atomic mass is 16.5. The van der Waals surface area contributed by atoms with Crippen LogP contribution in [-0.2, 0) is 0 Å². The number of likely N-dealkylation sites (N-methyl/N-ethyl adjacent to an activating group) is 1. The number of anilines is 1. The summed E-state index contributed by atoms with van der Waals surface area (Å²) in [7, 11) is 1.65. The molecule has 1 aromatic carbocycles. The van der Waals surface area contributed by atoms with E-state index in [1.807, 2.05) is 12.1 Å². The molecule has 18 heavy (non-hydrogen) atoms. The normalized spacial score (nSPS) is 16.7. The maximum absolute atomic E-state index is 10.8. The third-order valence-corrected chi connectivity index (χ3v) is 3.50. The van der Waals surface area contributed by atoms with Crippen molar-refractivity contribution in [3.8, 4) is 5.75 Å². The molecule has 2 rings (SSSR count). The standard InChI is InChI=1S/C14H20N2O2/c1-3-15-6-8-16(9-7-15)13-5-4-12(11-17)10-14(13)18-2/h4-5,10-11H,3,6-9H2,1-2H3. The minimum absolute atomic E-state index is 0.655. The van der Waals surface area contributed by atoms with E-state index in [0.717, 1.165) is 50.4 Å². The van der Waals surface area contributed by atoms with Crippen molar-refractivity contribution in [2.45, 2.75) is 6.92 Å². The molecule has 1 aliphatic rings. The van der Waals surface area contributed by atoms with Gasteiger partial charge in [0.1, 0.15) is 12.0 Å². The van der Waals surface area contributed by atoms with Gasteiger partial charge in [-0.25, -0.2) is 0 Å². The Morgan fingerprint density at radius 2 is 2.00 bits per heavy atom. The molecule has 0 unspecified atom stereocenters. The van der Waals surface area contributed by atoms with E-state index in [1.54, 1.807) is 13.2 Å². The van der Waals surface area contributed by atoms with Crippen LogP contribution in [0.25, 0.3) is 0 Å². The Bertz CT molecular complexity index is 412. The molecule has 1 saturated heterocycles. The zero-order chi connectivity index (χ0) is 13.0. The molecule has 98 valence electrons. The van der Waals surface area contributed by atoms with Gasteiger partial charge in [-0.05, 0) is 24.7 Å². The van der Waals surface area contributed by atoms with Crippen LogP contribution in [0, 0.1) is 0 Å². The Morgan fingerprint density at radius 1 is 1.28 bits per heavy atom. The van der Waals surface area contributed by atoms with Crippen LogP contribution in [0.5, 0.6) is 5.75 Å². The number of carbonyl (C=O) groups excluding carboxylic acids is 1. The van der Waals surface area contributed by atoms with Gasteiger partial charge >= 0.3 is 0 Å². The van der Waals surface area contributed by atoms with Crippen molar-refractivity contribution in [3.63, 3.8) is 0 Å². The van der Waals surface area contributed by atoms with Gasteiger partial charge in [0, 0.05) is 31.7 Å². The number of rotatable bonds is 4. The molecule has 0 radical (unpaired) electrons. The second kappa shape index (κ2) is 5.87. The molecule has 4 heteroatoms. The number of hydrogen-bond acceptors (Lipinski definition) is 4. The van der Waals surface area contributed by atoms with Gasteiger partial charge in [0.05, 0.1) is 12.8 Å². The molecule has 0 aromatic heterocycles. The number of aldehydes is 1. The predicted molar refractivity (Wildman–Crippen MR) is 72.7 cm³/mol. The fraction of sp³-hybridized carbons (Fsp3) is 0.500. The van der Waals surface area contributed by atoms with Gasteiger partial charge in [-0.3, -0.25) is 4.79 Å². The van der Waals surface area contributed by atoms with E-state index in [4.69, 9.17) is 4.74 Å². The fourth-order valence-electron chi connectivity index (χ4n) is 2.33. The average molecular weight is 248 g/mol. The van der Waals surface area contributed by atoms with E-state index in [-0.39, 0.29) is 0 Å².